The first-order chi connectivity index (χ1) is 7.22. The van der Waals surface area contributed by atoms with Crippen LogP contribution in [0.3, 0.4) is 0 Å². The van der Waals surface area contributed by atoms with Crippen LogP contribution in [0.1, 0.15) is 17.4 Å². The van der Waals surface area contributed by atoms with Crippen LogP contribution in [0.2, 0.25) is 0 Å². The Kier molecular flexibility index (Phi) is 3.29. The standard InChI is InChI=1S/C11H13BrO3/c1-7-5-8(12)6-9(13-2)10(7)11-14-3-4-15-11/h5-6,11H,3-4H2,1-2H3. The summed E-state index contributed by atoms with van der Waals surface area (Å²) < 4.78 is 17.3. The lowest BCUT2D eigenvalue weighted by molar-refractivity contribution is -0.0459. The summed E-state index contributed by atoms with van der Waals surface area (Å²) in [4.78, 5) is 0. The maximum atomic E-state index is 5.48. The van der Waals surface area contributed by atoms with Crippen LogP contribution in [0.15, 0.2) is 16.6 Å². The predicted molar refractivity (Wildman–Crippen MR) is 60.1 cm³/mol. The number of hydrogen-bond donors (Lipinski definition) is 0. The van der Waals surface area contributed by atoms with Crippen molar-refractivity contribution < 1.29 is 14.2 Å². The molecular formula is C11H13BrO3. The molecule has 1 heterocycles. The number of ether oxygens (including phenoxy) is 3. The molecule has 0 saturated carbocycles. The van der Waals surface area contributed by atoms with Gasteiger partial charge in [-0.3, -0.25) is 0 Å². The van der Waals surface area contributed by atoms with Gasteiger partial charge in [-0.2, -0.15) is 0 Å². The van der Waals surface area contributed by atoms with Crippen LogP contribution < -0.4 is 4.74 Å². The summed E-state index contributed by atoms with van der Waals surface area (Å²) in [6.07, 6.45) is -0.284. The lowest BCUT2D eigenvalue weighted by atomic mass is 10.1. The minimum absolute atomic E-state index is 0.284. The molecule has 0 N–H and O–H groups in total. The quantitative estimate of drug-likeness (QED) is 0.829. The van der Waals surface area contributed by atoms with Crippen molar-refractivity contribution in [3.05, 3.63) is 27.7 Å². The van der Waals surface area contributed by atoms with Crippen LogP contribution in [0, 0.1) is 6.92 Å². The Morgan fingerprint density at radius 1 is 1.33 bits per heavy atom. The number of halogens is 1. The van der Waals surface area contributed by atoms with Gasteiger partial charge in [0.1, 0.15) is 5.75 Å². The maximum Gasteiger partial charge on any atom is 0.187 e. The molecule has 0 unspecified atom stereocenters. The highest BCUT2D eigenvalue weighted by Crippen LogP contribution is 2.36. The second kappa shape index (κ2) is 4.51. The molecule has 4 heteroatoms. The van der Waals surface area contributed by atoms with Crippen LogP contribution in [0.25, 0.3) is 0 Å². The minimum atomic E-state index is -0.284. The molecule has 1 aliphatic rings. The van der Waals surface area contributed by atoms with Crippen molar-refractivity contribution in [1.29, 1.82) is 0 Å². The Balaban J connectivity index is 2.43. The molecule has 0 atom stereocenters. The molecule has 1 aliphatic heterocycles. The van der Waals surface area contributed by atoms with E-state index < -0.39 is 0 Å². The number of hydrogen-bond acceptors (Lipinski definition) is 3. The lowest BCUT2D eigenvalue weighted by Crippen LogP contribution is -2.04. The van der Waals surface area contributed by atoms with Crippen LogP contribution in [-0.2, 0) is 9.47 Å². The molecule has 2 rings (SSSR count). The van der Waals surface area contributed by atoms with Crippen molar-refractivity contribution in [2.24, 2.45) is 0 Å². The zero-order valence-corrected chi connectivity index (χ0v) is 10.3. The molecule has 82 valence electrons. The Bertz CT molecular complexity index is 359. The van der Waals surface area contributed by atoms with Crippen molar-refractivity contribution in [2.75, 3.05) is 20.3 Å². The van der Waals surface area contributed by atoms with E-state index in [1.807, 2.05) is 19.1 Å². The van der Waals surface area contributed by atoms with Gasteiger partial charge >= 0.3 is 0 Å². The summed E-state index contributed by atoms with van der Waals surface area (Å²) in [5.41, 5.74) is 2.09. The first kappa shape index (κ1) is 10.9. The molecule has 1 aromatic rings. The Morgan fingerprint density at radius 3 is 2.60 bits per heavy atom. The molecule has 0 radical (unpaired) electrons. The summed E-state index contributed by atoms with van der Waals surface area (Å²) in [7, 11) is 1.65. The van der Waals surface area contributed by atoms with Gasteiger partial charge in [0.15, 0.2) is 6.29 Å². The van der Waals surface area contributed by atoms with Gasteiger partial charge in [0, 0.05) is 4.47 Å². The maximum absolute atomic E-state index is 5.48. The zero-order chi connectivity index (χ0) is 10.8. The molecular weight excluding hydrogens is 260 g/mol. The zero-order valence-electron chi connectivity index (χ0n) is 8.75. The van der Waals surface area contributed by atoms with Crippen molar-refractivity contribution in [1.82, 2.24) is 0 Å². The normalized spacial score (nSPS) is 17.0. The molecule has 1 fully saturated rings. The van der Waals surface area contributed by atoms with Gasteiger partial charge < -0.3 is 14.2 Å². The Labute approximate surface area is 97.5 Å². The fourth-order valence-corrected chi connectivity index (χ4v) is 2.27. The van der Waals surface area contributed by atoms with Crippen molar-refractivity contribution in [3.63, 3.8) is 0 Å². The van der Waals surface area contributed by atoms with E-state index in [-0.39, 0.29) is 6.29 Å². The Morgan fingerprint density at radius 2 is 2.00 bits per heavy atom. The number of aryl methyl sites for hydroxylation is 1. The Hall–Kier alpha value is -0.580. The number of methoxy groups -OCH3 is 1. The second-order valence-electron chi connectivity index (χ2n) is 3.41. The number of rotatable bonds is 2. The molecule has 3 nitrogen and oxygen atoms in total. The van der Waals surface area contributed by atoms with Gasteiger partial charge in [0.05, 0.1) is 25.9 Å². The largest absolute Gasteiger partial charge is 0.496 e. The minimum Gasteiger partial charge on any atom is -0.496 e. The molecule has 0 bridgehead atoms. The predicted octanol–water partition coefficient (Wildman–Crippen LogP) is 2.81. The van der Waals surface area contributed by atoms with Crippen molar-refractivity contribution in [3.8, 4) is 5.75 Å². The van der Waals surface area contributed by atoms with E-state index in [1.165, 1.54) is 0 Å². The van der Waals surface area contributed by atoms with Crippen LogP contribution >= 0.6 is 15.9 Å². The van der Waals surface area contributed by atoms with E-state index >= 15 is 0 Å². The highest BCUT2D eigenvalue weighted by molar-refractivity contribution is 9.10. The first-order valence-corrected chi connectivity index (χ1v) is 5.59. The first-order valence-electron chi connectivity index (χ1n) is 4.79. The highest BCUT2D eigenvalue weighted by atomic mass is 79.9. The average molecular weight is 273 g/mol. The van der Waals surface area contributed by atoms with Crippen LogP contribution in [-0.4, -0.2) is 20.3 Å². The summed E-state index contributed by atoms with van der Waals surface area (Å²) in [6, 6.07) is 3.95. The van der Waals surface area contributed by atoms with E-state index in [2.05, 4.69) is 15.9 Å². The van der Waals surface area contributed by atoms with E-state index in [1.54, 1.807) is 7.11 Å². The third-order valence-electron chi connectivity index (χ3n) is 2.39. The molecule has 0 aliphatic carbocycles. The average Bonchev–Trinajstić information content (AvgIpc) is 2.69. The van der Waals surface area contributed by atoms with Crippen LogP contribution in [0.5, 0.6) is 5.75 Å². The summed E-state index contributed by atoms with van der Waals surface area (Å²) in [5, 5.41) is 0. The SMILES string of the molecule is COc1cc(Br)cc(C)c1C1OCCO1. The summed E-state index contributed by atoms with van der Waals surface area (Å²) in [6.45, 7) is 3.31. The van der Waals surface area contributed by atoms with Gasteiger partial charge in [-0.25, -0.2) is 0 Å². The van der Waals surface area contributed by atoms with E-state index in [4.69, 9.17) is 14.2 Å². The topological polar surface area (TPSA) is 27.7 Å². The molecule has 0 amide bonds. The third kappa shape index (κ3) is 2.17. The van der Waals surface area contributed by atoms with E-state index in [0.29, 0.717) is 13.2 Å². The molecule has 1 saturated heterocycles. The molecule has 0 aromatic heterocycles. The van der Waals surface area contributed by atoms with Gasteiger partial charge in [-0.05, 0) is 24.6 Å². The third-order valence-corrected chi connectivity index (χ3v) is 2.85. The monoisotopic (exact) mass is 272 g/mol. The van der Waals surface area contributed by atoms with Crippen molar-refractivity contribution >= 4 is 15.9 Å². The molecule has 0 spiro atoms. The number of benzene rings is 1. The van der Waals surface area contributed by atoms with Gasteiger partial charge in [-0.15, -0.1) is 0 Å². The van der Waals surface area contributed by atoms with Gasteiger partial charge in [-0.1, -0.05) is 15.9 Å². The van der Waals surface area contributed by atoms with Gasteiger partial charge in [0.25, 0.3) is 0 Å². The van der Waals surface area contributed by atoms with E-state index in [9.17, 15) is 0 Å². The lowest BCUT2D eigenvalue weighted by Gasteiger charge is -2.16. The smallest absolute Gasteiger partial charge is 0.187 e. The molecule has 1 aromatic carbocycles. The summed E-state index contributed by atoms with van der Waals surface area (Å²) in [5.74, 6) is 0.800. The highest BCUT2D eigenvalue weighted by Gasteiger charge is 2.24. The summed E-state index contributed by atoms with van der Waals surface area (Å²) >= 11 is 3.43. The van der Waals surface area contributed by atoms with E-state index in [0.717, 1.165) is 21.3 Å². The van der Waals surface area contributed by atoms with Crippen LogP contribution in [0.4, 0.5) is 0 Å². The second-order valence-corrected chi connectivity index (χ2v) is 4.33. The van der Waals surface area contributed by atoms with Crippen molar-refractivity contribution in [2.45, 2.75) is 13.2 Å². The fourth-order valence-electron chi connectivity index (χ4n) is 1.72. The molecule has 15 heavy (non-hydrogen) atoms. The van der Waals surface area contributed by atoms with Gasteiger partial charge in [0.2, 0.25) is 0 Å². The fraction of sp³-hybridized carbons (Fsp3) is 0.455.